The van der Waals surface area contributed by atoms with Gasteiger partial charge in [-0.05, 0) is 19.3 Å². The number of nitrogens with two attached hydrogens (primary N) is 1. The van der Waals surface area contributed by atoms with Crippen LogP contribution in [-0.4, -0.2) is 17.0 Å². The van der Waals surface area contributed by atoms with Crippen molar-refractivity contribution in [2.45, 2.75) is 51.9 Å². The minimum absolute atomic E-state index is 0.207. The summed E-state index contributed by atoms with van der Waals surface area (Å²) in [6, 6.07) is 0. The van der Waals surface area contributed by atoms with Crippen molar-refractivity contribution < 1.29 is 14.7 Å². The normalized spacial score (nSPS) is 12.3. The summed E-state index contributed by atoms with van der Waals surface area (Å²) in [5.74, 6) is -1.16. The highest BCUT2D eigenvalue weighted by Crippen LogP contribution is 2.14. The Bertz CT molecular complexity index is 204. The molecule has 0 aliphatic heterocycles. The number of carbonyl (C=O) groups is 2. The van der Waals surface area contributed by atoms with Gasteiger partial charge in [-0.3, -0.25) is 9.59 Å². The zero-order chi connectivity index (χ0) is 11.7. The van der Waals surface area contributed by atoms with Crippen LogP contribution < -0.4 is 5.73 Å². The van der Waals surface area contributed by atoms with Gasteiger partial charge in [0.25, 0.3) is 0 Å². The van der Waals surface area contributed by atoms with E-state index in [1.165, 1.54) is 0 Å². The van der Waals surface area contributed by atoms with Crippen molar-refractivity contribution in [1.29, 1.82) is 0 Å². The molecule has 88 valence electrons. The lowest BCUT2D eigenvalue weighted by Gasteiger charge is -2.08. The minimum Gasteiger partial charge on any atom is -0.481 e. The van der Waals surface area contributed by atoms with Gasteiger partial charge in [0, 0.05) is 6.42 Å². The first-order chi connectivity index (χ1) is 7.07. The van der Waals surface area contributed by atoms with Crippen LogP contribution in [0.2, 0.25) is 0 Å². The molecule has 0 spiro atoms. The molecule has 15 heavy (non-hydrogen) atoms. The van der Waals surface area contributed by atoms with Crippen LogP contribution in [0, 0.1) is 5.92 Å². The number of carboxylic acids is 1. The fourth-order valence-corrected chi connectivity index (χ4v) is 1.55. The Hall–Kier alpha value is -1.06. The molecule has 1 amide bonds. The second kappa shape index (κ2) is 8.26. The van der Waals surface area contributed by atoms with E-state index in [-0.39, 0.29) is 11.8 Å². The Morgan fingerprint density at radius 3 is 2.27 bits per heavy atom. The maximum absolute atomic E-state index is 10.7. The number of aliphatic carboxylic acids is 1. The Labute approximate surface area is 90.8 Å². The number of unbranched alkanes of at least 4 members (excludes halogenated alkanes) is 3. The molecule has 0 rings (SSSR count). The van der Waals surface area contributed by atoms with Crippen LogP contribution in [0.1, 0.15) is 51.9 Å². The van der Waals surface area contributed by atoms with E-state index in [4.69, 9.17) is 10.8 Å². The number of hydrogen-bond donors (Lipinski definition) is 2. The first-order valence-corrected chi connectivity index (χ1v) is 5.59. The van der Waals surface area contributed by atoms with Gasteiger partial charge >= 0.3 is 5.97 Å². The SMILES string of the molecule is CCC(CCCCCCC(N)=O)C(=O)O. The average molecular weight is 215 g/mol. The molecule has 3 N–H and O–H groups in total. The maximum Gasteiger partial charge on any atom is 0.306 e. The molecule has 0 aromatic heterocycles. The van der Waals surface area contributed by atoms with E-state index in [0.717, 1.165) is 32.1 Å². The van der Waals surface area contributed by atoms with E-state index >= 15 is 0 Å². The van der Waals surface area contributed by atoms with Crippen molar-refractivity contribution in [2.24, 2.45) is 11.7 Å². The van der Waals surface area contributed by atoms with Crippen LogP contribution >= 0.6 is 0 Å². The first kappa shape index (κ1) is 13.9. The van der Waals surface area contributed by atoms with E-state index in [9.17, 15) is 9.59 Å². The molecule has 1 atom stereocenters. The minimum atomic E-state index is -0.699. The van der Waals surface area contributed by atoms with Gasteiger partial charge in [0.15, 0.2) is 0 Å². The zero-order valence-corrected chi connectivity index (χ0v) is 9.37. The van der Waals surface area contributed by atoms with Crippen molar-refractivity contribution >= 4 is 11.9 Å². The Morgan fingerprint density at radius 2 is 1.80 bits per heavy atom. The van der Waals surface area contributed by atoms with Crippen molar-refractivity contribution in [2.75, 3.05) is 0 Å². The molecule has 4 heteroatoms. The molecule has 1 unspecified atom stereocenters. The van der Waals surface area contributed by atoms with Crippen LogP contribution in [0.15, 0.2) is 0 Å². The third-order valence-corrected chi connectivity index (χ3v) is 2.57. The molecule has 0 aliphatic rings. The molecular formula is C11H21NO3. The van der Waals surface area contributed by atoms with Gasteiger partial charge in [-0.15, -0.1) is 0 Å². The standard InChI is InChI=1S/C11H21NO3/c1-2-9(11(14)15)7-5-3-4-6-8-10(12)13/h9H,2-8H2,1H3,(H2,12,13)(H,14,15). The van der Waals surface area contributed by atoms with Crippen LogP contribution in [-0.2, 0) is 9.59 Å². The van der Waals surface area contributed by atoms with Gasteiger partial charge in [0.05, 0.1) is 5.92 Å². The lowest BCUT2D eigenvalue weighted by Crippen LogP contribution is -2.12. The molecule has 0 radical (unpaired) electrons. The molecule has 0 aliphatic carbocycles. The Kier molecular flexibility index (Phi) is 7.68. The van der Waals surface area contributed by atoms with Crippen molar-refractivity contribution in [3.05, 3.63) is 0 Å². The summed E-state index contributed by atoms with van der Waals surface area (Å²) in [4.78, 5) is 21.1. The van der Waals surface area contributed by atoms with Crippen LogP contribution in [0.25, 0.3) is 0 Å². The number of rotatable bonds is 9. The maximum atomic E-state index is 10.7. The molecule has 0 aromatic rings. The van der Waals surface area contributed by atoms with E-state index in [1.807, 2.05) is 6.92 Å². The summed E-state index contributed by atoms with van der Waals surface area (Å²) in [5.41, 5.74) is 5.00. The van der Waals surface area contributed by atoms with Crippen LogP contribution in [0.3, 0.4) is 0 Å². The molecule has 0 aromatic carbocycles. The third kappa shape index (κ3) is 7.97. The van der Waals surface area contributed by atoms with E-state index in [2.05, 4.69) is 0 Å². The predicted molar refractivity (Wildman–Crippen MR) is 58.3 cm³/mol. The summed E-state index contributed by atoms with van der Waals surface area (Å²) in [6.45, 7) is 1.89. The number of primary amides is 1. The highest BCUT2D eigenvalue weighted by molar-refractivity contribution is 5.73. The number of hydrogen-bond acceptors (Lipinski definition) is 2. The Morgan fingerprint density at radius 1 is 1.20 bits per heavy atom. The molecule has 4 nitrogen and oxygen atoms in total. The van der Waals surface area contributed by atoms with E-state index in [0.29, 0.717) is 12.8 Å². The average Bonchev–Trinajstić information content (AvgIpc) is 2.15. The molecule has 0 saturated carbocycles. The lowest BCUT2D eigenvalue weighted by molar-refractivity contribution is -0.142. The summed E-state index contributed by atoms with van der Waals surface area (Å²) in [6.07, 6.45) is 5.55. The third-order valence-electron chi connectivity index (χ3n) is 2.57. The van der Waals surface area contributed by atoms with Crippen LogP contribution in [0.4, 0.5) is 0 Å². The van der Waals surface area contributed by atoms with Gasteiger partial charge in [-0.25, -0.2) is 0 Å². The fourth-order valence-electron chi connectivity index (χ4n) is 1.55. The second-order valence-electron chi connectivity index (χ2n) is 3.86. The van der Waals surface area contributed by atoms with Gasteiger partial charge in [-0.2, -0.15) is 0 Å². The highest BCUT2D eigenvalue weighted by atomic mass is 16.4. The van der Waals surface area contributed by atoms with Crippen molar-refractivity contribution in [3.8, 4) is 0 Å². The van der Waals surface area contributed by atoms with E-state index in [1.54, 1.807) is 0 Å². The quantitative estimate of drug-likeness (QED) is 0.576. The van der Waals surface area contributed by atoms with Gasteiger partial charge in [0.1, 0.15) is 0 Å². The molecule has 0 saturated heterocycles. The fraction of sp³-hybridized carbons (Fsp3) is 0.818. The molecule has 0 bridgehead atoms. The summed E-state index contributed by atoms with van der Waals surface area (Å²) in [7, 11) is 0. The summed E-state index contributed by atoms with van der Waals surface area (Å²) in [5, 5.41) is 8.79. The first-order valence-electron chi connectivity index (χ1n) is 5.59. The molecular weight excluding hydrogens is 194 g/mol. The largest absolute Gasteiger partial charge is 0.481 e. The highest BCUT2D eigenvalue weighted by Gasteiger charge is 2.13. The number of carbonyl (C=O) groups excluding carboxylic acids is 1. The van der Waals surface area contributed by atoms with Gasteiger partial charge < -0.3 is 10.8 Å². The predicted octanol–water partition coefficient (Wildman–Crippen LogP) is 1.92. The lowest BCUT2D eigenvalue weighted by atomic mass is 9.98. The monoisotopic (exact) mass is 215 g/mol. The summed E-state index contributed by atoms with van der Waals surface area (Å²) >= 11 is 0. The smallest absolute Gasteiger partial charge is 0.306 e. The molecule has 0 fully saturated rings. The van der Waals surface area contributed by atoms with Crippen LogP contribution in [0.5, 0.6) is 0 Å². The van der Waals surface area contributed by atoms with Gasteiger partial charge in [-0.1, -0.05) is 26.2 Å². The Balaban J connectivity index is 3.37. The van der Waals surface area contributed by atoms with Crippen molar-refractivity contribution in [1.82, 2.24) is 0 Å². The van der Waals surface area contributed by atoms with Crippen molar-refractivity contribution in [3.63, 3.8) is 0 Å². The van der Waals surface area contributed by atoms with E-state index < -0.39 is 5.97 Å². The van der Waals surface area contributed by atoms with Gasteiger partial charge in [0.2, 0.25) is 5.91 Å². The molecule has 0 heterocycles. The zero-order valence-electron chi connectivity index (χ0n) is 9.37. The number of carboxylic acid groups (broad SMARTS) is 1. The number of amides is 1. The second-order valence-corrected chi connectivity index (χ2v) is 3.86. The summed E-state index contributed by atoms with van der Waals surface area (Å²) < 4.78 is 0. The topological polar surface area (TPSA) is 80.4 Å².